The molecule has 0 amide bonds. The number of nitrogens with zero attached hydrogens (tertiary/aromatic N) is 4. The smallest absolute Gasteiger partial charge is 0.148 e. The summed E-state index contributed by atoms with van der Waals surface area (Å²) >= 11 is 0. The van der Waals surface area contributed by atoms with E-state index in [0.717, 1.165) is 45.5 Å². The minimum atomic E-state index is 0.0679. The summed E-state index contributed by atoms with van der Waals surface area (Å²) < 4.78 is 4.75. The lowest BCUT2D eigenvalue weighted by Gasteiger charge is -2.21. The van der Waals surface area contributed by atoms with E-state index < -0.39 is 0 Å². The molecule has 0 bridgehead atoms. The Labute approximate surface area is 352 Å². The van der Waals surface area contributed by atoms with Gasteiger partial charge in [-0.15, -0.1) is 0 Å². The fraction of sp³-hybridized carbons (Fsp3) is 0.0526. The zero-order valence-corrected chi connectivity index (χ0v) is 33.5. The van der Waals surface area contributed by atoms with E-state index in [1.807, 2.05) is 0 Å². The first-order chi connectivity index (χ1) is 30.2. The van der Waals surface area contributed by atoms with E-state index in [1.54, 1.807) is 0 Å². The summed E-state index contributed by atoms with van der Waals surface area (Å²) in [6, 6.07) is 66.3. The first-order valence-electron chi connectivity index (χ1n) is 21.2. The molecule has 1 aliphatic rings. The van der Waals surface area contributed by atoms with Crippen molar-refractivity contribution in [1.82, 2.24) is 18.9 Å². The number of fused-ring (bicyclic) bond motifs is 11. The largest absolute Gasteiger partial charge is 0.310 e. The van der Waals surface area contributed by atoms with Gasteiger partial charge in [-0.05, 0) is 134 Å². The van der Waals surface area contributed by atoms with Crippen molar-refractivity contribution in [3.63, 3.8) is 0 Å². The zero-order valence-electron chi connectivity index (χ0n) is 33.5. The number of hydrogen-bond acceptors (Lipinski definition) is 2. The molecule has 3 aromatic heterocycles. The quantitative estimate of drug-likeness (QED) is 0.167. The minimum Gasteiger partial charge on any atom is -0.310 e. The molecule has 1 aliphatic carbocycles. The third-order valence-corrected chi connectivity index (χ3v) is 13.1. The number of aryl methyl sites for hydroxylation is 1. The molecule has 0 aliphatic heterocycles. The second-order valence-electron chi connectivity index (χ2n) is 16.6. The van der Waals surface area contributed by atoms with Crippen molar-refractivity contribution in [2.75, 3.05) is 0 Å². The number of hydrogen-bond donors (Lipinski definition) is 0. The van der Waals surface area contributed by atoms with Crippen molar-refractivity contribution in [3.8, 4) is 27.9 Å². The van der Waals surface area contributed by atoms with E-state index >= 15 is 0 Å². The van der Waals surface area contributed by atoms with E-state index in [0.29, 0.717) is 0 Å². The first-order valence-corrected chi connectivity index (χ1v) is 21.2. The Kier molecular flexibility index (Phi) is 7.31. The molecule has 1 atom stereocenters. The van der Waals surface area contributed by atoms with Gasteiger partial charge in [0.1, 0.15) is 11.5 Å². The van der Waals surface area contributed by atoms with Crippen LogP contribution in [-0.4, -0.2) is 18.9 Å². The molecule has 3 heterocycles. The maximum atomic E-state index is 5.37. The Morgan fingerprint density at radius 1 is 0.492 bits per heavy atom. The van der Waals surface area contributed by atoms with Crippen molar-refractivity contribution in [2.45, 2.75) is 19.3 Å². The lowest BCUT2D eigenvalue weighted by molar-refractivity contribution is 0.750. The summed E-state index contributed by atoms with van der Waals surface area (Å²) in [4.78, 5) is 10.5. The van der Waals surface area contributed by atoms with Crippen LogP contribution in [0.15, 0.2) is 188 Å². The van der Waals surface area contributed by atoms with Crippen molar-refractivity contribution in [2.24, 2.45) is 0 Å². The van der Waals surface area contributed by atoms with Crippen molar-refractivity contribution >= 4 is 76.9 Å². The van der Waals surface area contributed by atoms with Crippen LogP contribution < -0.4 is 0 Å². The highest BCUT2D eigenvalue weighted by atomic mass is 15.1. The second-order valence-corrected chi connectivity index (χ2v) is 16.6. The fourth-order valence-electron chi connectivity index (χ4n) is 10.3. The van der Waals surface area contributed by atoms with Gasteiger partial charge >= 0.3 is 0 Å². The number of rotatable bonds is 4. The summed E-state index contributed by atoms with van der Waals surface area (Å²) in [6.07, 6.45) is 5.53. The minimum absolute atomic E-state index is 0.0679. The van der Waals surface area contributed by atoms with Gasteiger partial charge in [0, 0.05) is 28.1 Å². The van der Waals surface area contributed by atoms with Crippen LogP contribution in [0, 0.1) is 6.92 Å². The summed E-state index contributed by atoms with van der Waals surface area (Å²) in [6.45, 7) is 2.19. The molecule has 0 saturated carbocycles. The summed E-state index contributed by atoms with van der Waals surface area (Å²) in [5.41, 5.74) is 15.2. The number of para-hydroxylation sites is 3. The SMILES string of the molecule is Cc1ccc2c(c1)c1c(n2-c2ccc(-c3c4ccccc4c(-c4ccc5ccccc5c4)c4ccccc34)cc2)C=CC(c2nc3ccccc3c3nc4ccccc4n23)C1. The number of allylic oxidation sites excluding steroid dienone is 1. The van der Waals surface area contributed by atoms with Gasteiger partial charge < -0.3 is 4.57 Å². The van der Waals surface area contributed by atoms with Gasteiger partial charge in [-0.1, -0.05) is 139 Å². The van der Waals surface area contributed by atoms with Gasteiger partial charge in [-0.3, -0.25) is 4.40 Å². The Balaban J connectivity index is 0.954. The van der Waals surface area contributed by atoms with Crippen LogP contribution in [0.2, 0.25) is 0 Å². The van der Waals surface area contributed by atoms with Crippen LogP contribution in [0.3, 0.4) is 0 Å². The normalized spacial score (nSPS) is 14.0. The van der Waals surface area contributed by atoms with Crippen molar-refractivity contribution < 1.29 is 0 Å². The van der Waals surface area contributed by atoms with E-state index in [1.165, 1.54) is 82.3 Å². The summed E-state index contributed by atoms with van der Waals surface area (Å²) in [5, 5.41) is 9.91. The highest BCUT2D eigenvalue weighted by molar-refractivity contribution is 6.21. The van der Waals surface area contributed by atoms with E-state index in [-0.39, 0.29) is 5.92 Å². The molecule has 0 radical (unpaired) electrons. The standard InChI is InChI=1S/C57H38N4/c1-35-22-30-51-47(32-35)48-34-40(56-58-49-19-9-8-18-46(49)57-59-50-20-10-11-21-53(50)61(56)57)27-31-52(48)60(51)41-28-25-37(26-29-41)54-42-14-4-6-16-44(42)55(45-17-7-5-15-43(45)54)39-24-23-36-12-2-3-13-38(36)33-39/h2-33,40H,34H2,1H3. The second kappa shape index (κ2) is 13.1. The molecule has 4 nitrogen and oxygen atoms in total. The van der Waals surface area contributed by atoms with Gasteiger partial charge in [0.2, 0.25) is 0 Å². The van der Waals surface area contributed by atoms with E-state index in [4.69, 9.17) is 9.97 Å². The Morgan fingerprint density at radius 3 is 1.87 bits per heavy atom. The molecule has 61 heavy (non-hydrogen) atoms. The van der Waals surface area contributed by atoms with Crippen LogP contribution in [0.5, 0.6) is 0 Å². The topological polar surface area (TPSA) is 35.1 Å². The Bertz CT molecular complexity index is 3750. The predicted molar refractivity (Wildman–Crippen MR) is 255 cm³/mol. The third kappa shape index (κ3) is 5.12. The van der Waals surface area contributed by atoms with Crippen LogP contribution in [0.1, 0.15) is 28.6 Å². The van der Waals surface area contributed by atoms with Crippen molar-refractivity contribution in [1.29, 1.82) is 0 Å². The lowest BCUT2D eigenvalue weighted by atomic mass is 9.85. The average Bonchev–Trinajstić information content (AvgIpc) is 3.86. The first kappa shape index (κ1) is 34.1. The highest BCUT2D eigenvalue weighted by Crippen LogP contribution is 2.45. The molecule has 1 unspecified atom stereocenters. The molecule has 0 fully saturated rings. The van der Waals surface area contributed by atoms with Gasteiger partial charge in [0.05, 0.1) is 22.1 Å². The Hall–Kier alpha value is -7.82. The molecular formula is C57H38N4. The Morgan fingerprint density at radius 2 is 1.11 bits per heavy atom. The lowest BCUT2D eigenvalue weighted by Crippen LogP contribution is -2.13. The monoisotopic (exact) mass is 778 g/mol. The van der Waals surface area contributed by atoms with Crippen LogP contribution in [0.25, 0.3) is 105 Å². The average molecular weight is 779 g/mol. The number of aromatic nitrogens is 4. The zero-order chi connectivity index (χ0) is 40.2. The molecule has 4 heteroatoms. The van der Waals surface area contributed by atoms with Crippen LogP contribution >= 0.6 is 0 Å². The van der Waals surface area contributed by atoms with Crippen LogP contribution in [0.4, 0.5) is 0 Å². The maximum absolute atomic E-state index is 5.37. The van der Waals surface area contributed by atoms with E-state index in [9.17, 15) is 0 Å². The van der Waals surface area contributed by atoms with Gasteiger partial charge in [-0.2, -0.15) is 0 Å². The van der Waals surface area contributed by atoms with Crippen molar-refractivity contribution in [3.05, 3.63) is 211 Å². The highest BCUT2D eigenvalue weighted by Gasteiger charge is 2.27. The number of benzene rings is 9. The van der Waals surface area contributed by atoms with E-state index in [2.05, 4.69) is 210 Å². The maximum Gasteiger partial charge on any atom is 0.148 e. The molecule has 0 saturated heterocycles. The van der Waals surface area contributed by atoms with Crippen LogP contribution in [-0.2, 0) is 6.42 Å². The molecule has 0 spiro atoms. The molecule has 13 rings (SSSR count). The number of imidazole rings is 1. The summed E-state index contributed by atoms with van der Waals surface area (Å²) in [7, 11) is 0. The molecule has 12 aromatic rings. The fourth-order valence-corrected chi connectivity index (χ4v) is 10.3. The third-order valence-electron chi connectivity index (χ3n) is 13.1. The molecule has 0 N–H and O–H groups in total. The molecule has 286 valence electrons. The molecule has 9 aromatic carbocycles. The predicted octanol–water partition coefficient (Wildman–Crippen LogP) is 14.4. The van der Waals surface area contributed by atoms with Gasteiger partial charge in [0.15, 0.2) is 0 Å². The van der Waals surface area contributed by atoms with Gasteiger partial charge in [0.25, 0.3) is 0 Å². The summed E-state index contributed by atoms with van der Waals surface area (Å²) in [5.74, 6) is 1.09. The molecular weight excluding hydrogens is 741 g/mol. The van der Waals surface area contributed by atoms with Gasteiger partial charge in [-0.25, -0.2) is 9.97 Å².